The first kappa shape index (κ1) is 13.3. The lowest BCUT2D eigenvalue weighted by Gasteiger charge is -2.28. The highest BCUT2D eigenvalue weighted by Crippen LogP contribution is 2.19. The predicted molar refractivity (Wildman–Crippen MR) is 71.8 cm³/mol. The number of carbonyl (C=O) groups is 1. The van der Waals surface area contributed by atoms with Gasteiger partial charge in [0.25, 0.3) is 5.91 Å². The second-order valence-electron chi connectivity index (χ2n) is 4.50. The Bertz CT molecular complexity index is 418. The van der Waals surface area contributed by atoms with Crippen molar-refractivity contribution in [3.05, 3.63) is 29.0 Å². The minimum atomic E-state index is 0.0120. The number of nitrogens with zero attached hydrogens (tertiary/aromatic N) is 2. The summed E-state index contributed by atoms with van der Waals surface area (Å²) in [7, 11) is 0. The first-order valence-corrected chi connectivity index (χ1v) is 6.73. The van der Waals surface area contributed by atoms with E-state index in [-0.39, 0.29) is 11.9 Å². The highest BCUT2D eigenvalue weighted by molar-refractivity contribution is 6.33. The van der Waals surface area contributed by atoms with Gasteiger partial charge in [-0.3, -0.25) is 9.78 Å². The Morgan fingerprint density at radius 2 is 2.50 bits per heavy atom. The smallest absolute Gasteiger partial charge is 0.255 e. The Kier molecular flexibility index (Phi) is 4.55. The van der Waals surface area contributed by atoms with Gasteiger partial charge in [-0.2, -0.15) is 0 Å². The summed E-state index contributed by atoms with van der Waals surface area (Å²) < 4.78 is 0. The lowest BCUT2D eigenvalue weighted by molar-refractivity contribution is 0.0692. The van der Waals surface area contributed by atoms with Crippen molar-refractivity contribution < 1.29 is 4.79 Å². The van der Waals surface area contributed by atoms with Gasteiger partial charge in [0.15, 0.2) is 0 Å². The quantitative estimate of drug-likeness (QED) is 0.907. The number of nitrogens with one attached hydrogen (secondary N) is 1. The molecule has 98 valence electrons. The molecular weight excluding hydrogens is 250 g/mol. The molecule has 0 spiro atoms. The lowest BCUT2D eigenvalue weighted by atomic mass is 10.1. The molecule has 1 fully saturated rings. The minimum absolute atomic E-state index is 0.0120. The number of aromatic nitrogens is 1. The largest absolute Gasteiger partial charge is 0.334 e. The van der Waals surface area contributed by atoms with Crippen LogP contribution in [0.25, 0.3) is 0 Å². The molecule has 0 bridgehead atoms. The fourth-order valence-corrected chi connectivity index (χ4v) is 2.50. The number of rotatable bonds is 4. The Labute approximate surface area is 112 Å². The molecule has 0 aromatic carbocycles. The number of pyridine rings is 1. The third-order valence-corrected chi connectivity index (χ3v) is 3.50. The standard InChI is InChI=1S/C13H18ClN3O/c1-2-7-17(10-3-5-15-8-10)13(18)11-4-6-16-9-12(11)14/h4,6,9-10,15H,2-3,5,7-8H2,1H3/t10-/m0/s1. The van der Waals surface area contributed by atoms with Crippen LogP contribution in [0.15, 0.2) is 18.5 Å². The molecule has 1 aromatic rings. The SMILES string of the molecule is CCCN(C(=O)c1ccncc1Cl)[C@H]1CCNC1. The zero-order valence-electron chi connectivity index (χ0n) is 10.5. The molecule has 0 saturated carbocycles. The van der Waals surface area contributed by atoms with Crippen molar-refractivity contribution in [2.24, 2.45) is 0 Å². The van der Waals surface area contributed by atoms with Crippen LogP contribution in [0, 0.1) is 0 Å². The van der Waals surface area contributed by atoms with Crippen molar-refractivity contribution in [3.63, 3.8) is 0 Å². The molecule has 5 heteroatoms. The fraction of sp³-hybridized carbons (Fsp3) is 0.538. The molecule has 0 aliphatic carbocycles. The molecule has 4 nitrogen and oxygen atoms in total. The molecule has 18 heavy (non-hydrogen) atoms. The van der Waals surface area contributed by atoms with Crippen LogP contribution in [-0.4, -0.2) is 41.5 Å². The Morgan fingerprint density at radius 1 is 1.67 bits per heavy atom. The minimum Gasteiger partial charge on any atom is -0.334 e. The molecule has 1 aromatic heterocycles. The average molecular weight is 268 g/mol. The van der Waals surface area contributed by atoms with E-state index < -0.39 is 0 Å². The molecule has 1 aliphatic rings. The van der Waals surface area contributed by atoms with Gasteiger partial charge < -0.3 is 10.2 Å². The van der Waals surface area contributed by atoms with Gasteiger partial charge in [0.1, 0.15) is 0 Å². The molecule has 1 aliphatic heterocycles. The summed E-state index contributed by atoms with van der Waals surface area (Å²) in [5.41, 5.74) is 0.548. The van der Waals surface area contributed by atoms with Crippen LogP contribution in [0.5, 0.6) is 0 Å². The zero-order valence-corrected chi connectivity index (χ0v) is 11.3. The van der Waals surface area contributed by atoms with Crippen LogP contribution in [-0.2, 0) is 0 Å². The van der Waals surface area contributed by atoms with Gasteiger partial charge in [-0.1, -0.05) is 18.5 Å². The monoisotopic (exact) mass is 267 g/mol. The molecule has 2 heterocycles. The van der Waals surface area contributed by atoms with E-state index in [1.54, 1.807) is 12.3 Å². The van der Waals surface area contributed by atoms with Crippen molar-refractivity contribution in [1.82, 2.24) is 15.2 Å². The predicted octanol–water partition coefficient (Wildman–Crippen LogP) is 1.95. The van der Waals surface area contributed by atoms with Crippen LogP contribution >= 0.6 is 11.6 Å². The summed E-state index contributed by atoms with van der Waals surface area (Å²) in [5.74, 6) is 0.0120. The molecule has 2 rings (SSSR count). The van der Waals surface area contributed by atoms with E-state index in [0.29, 0.717) is 10.6 Å². The van der Waals surface area contributed by atoms with E-state index in [1.165, 1.54) is 6.20 Å². The molecular formula is C13H18ClN3O. The van der Waals surface area contributed by atoms with E-state index in [9.17, 15) is 4.79 Å². The average Bonchev–Trinajstić information content (AvgIpc) is 2.89. The highest BCUT2D eigenvalue weighted by atomic mass is 35.5. The van der Waals surface area contributed by atoms with E-state index in [1.807, 2.05) is 4.90 Å². The third kappa shape index (κ3) is 2.82. The maximum Gasteiger partial charge on any atom is 0.255 e. The van der Waals surface area contributed by atoms with Crippen molar-refractivity contribution in [2.75, 3.05) is 19.6 Å². The van der Waals surface area contributed by atoms with Gasteiger partial charge in [0.2, 0.25) is 0 Å². The van der Waals surface area contributed by atoms with E-state index in [4.69, 9.17) is 11.6 Å². The van der Waals surface area contributed by atoms with Gasteiger partial charge in [0.05, 0.1) is 10.6 Å². The number of hydrogen-bond donors (Lipinski definition) is 1. The van der Waals surface area contributed by atoms with E-state index in [2.05, 4.69) is 17.2 Å². The lowest BCUT2D eigenvalue weighted by Crippen LogP contribution is -2.42. The normalized spacial score (nSPS) is 18.9. The first-order chi connectivity index (χ1) is 8.74. The Morgan fingerprint density at radius 3 is 3.11 bits per heavy atom. The van der Waals surface area contributed by atoms with Gasteiger partial charge in [-0.05, 0) is 25.5 Å². The molecule has 1 N–H and O–H groups in total. The molecule has 1 amide bonds. The molecule has 0 radical (unpaired) electrons. The summed E-state index contributed by atoms with van der Waals surface area (Å²) in [5, 5.41) is 3.72. The number of halogens is 1. The summed E-state index contributed by atoms with van der Waals surface area (Å²) in [4.78, 5) is 18.4. The maximum absolute atomic E-state index is 12.5. The Hall–Kier alpha value is -1.13. The highest BCUT2D eigenvalue weighted by Gasteiger charge is 2.27. The Balaban J connectivity index is 2.20. The van der Waals surface area contributed by atoms with E-state index in [0.717, 1.165) is 32.5 Å². The topological polar surface area (TPSA) is 45.2 Å². The molecule has 1 saturated heterocycles. The van der Waals surface area contributed by atoms with Gasteiger partial charge in [-0.25, -0.2) is 0 Å². The molecule has 1 atom stereocenters. The molecule has 0 unspecified atom stereocenters. The van der Waals surface area contributed by atoms with Crippen molar-refractivity contribution in [3.8, 4) is 0 Å². The van der Waals surface area contributed by atoms with E-state index >= 15 is 0 Å². The second-order valence-corrected chi connectivity index (χ2v) is 4.91. The van der Waals surface area contributed by atoms with Crippen LogP contribution in [0.4, 0.5) is 0 Å². The fourth-order valence-electron chi connectivity index (χ4n) is 2.30. The van der Waals surface area contributed by atoms with Crippen molar-refractivity contribution in [2.45, 2.75) is 25.8 Å². The van der Waals surface area contributed by atoms with Crippen LogP contribution < -0.4 is 5.32 Å². The van der Waals surface area contributed by atoms with Gasteiger partial charge >= 0.3 is 0 Å². The van der Waals surface area contributed by atoms with Crippen LogP contribution in [0.1, 0.15) is 30.1 Å². The first-order valence-electron chi connectivity index (χ1n) is 6.35. The van der Waals surface area contributed by atoms with Crippen LogP contribution in [0.2, 0.25) is 5.02 Å². The van der Waals surface area contributed by atoms with Gasteiger partial charge in [0, 0.05) is 31.5 Å². The van der Waals surface area contributed by atoms with Gasteiger partial charge in [-0.15, -0.1) is 0 Å². The third-order valence-electron chi connectivity index (χ3n) is 3.20. The van der Waals surface area contributed by atoms with Crippen LogP contribution in [0.3, 0.4) is 0 Å². The number of amides is 1. The summed E-state index contributed by atoms with van der Waals surface area (Å²) >= 11 is 6.04. The zero-order chi connectivity index (χ0) is 13.0. The maximum atomic E-state index is 12.5. The summed E-state index contributed by atoms with van der Waals surface area (Å²) in [6.45, 7) is 4.69. The number of carbonyl (C=O) groups excluding carboxylic acids is 1. The van der Waals surface area contributed by atoms with Crippen molar-refractivity contribution >= 4 is 17.5 Å². The second kappa shape index (κ2) is 6.16. The summed E-state index contributed by atoms with van der Waals surface area (Å²) in [6.07, 6.45) is 5.08. The number of hydrogen-bond acceptors (Lipinski definition) is 3. The van der Waals surface area contributed by atoms with Crippen molar-refractivity contribution in [1.29, 1.82) is 0 Å². The summed E-state index contributed by atoms with van der Waals surface area (Å²) in [6, 6.07) is 1.97.